The molecule has 232 valence electrons. The van der Waals surface area contributed by atoms with Gasteiger partial charge in [0.15, 0.2) is 11.5 Å². The molecule has 2 atom stereocenters. The van der Waals surface area contributed by atoms with Gasteiger partial charge in [-0.3, -0.25) is 19.1 Å². The summed E-state index contributed by atoms with van der Waals surface area (Å²) in [4.78, 5) is 43.4. The van der Waals surface area contributed by atoms with E-state index < -0.39 is 12.1 Å². The van der Waals surface area contributed by atoms with Crippen LogP contribution in [-0.2, 0) is 45.6 Å². The molecule has 4 heterocycles. The molecule has 11 heteroatoms. The molecule has 3 aliphatic heterocycles. The highest BCUT2D eigenvalue weighted by molar-refractivity contribution is 5.86. The van der Waals surface area contributed by atoms with Crippen LogP contribution in [0.4, 0.5) is 0 Å². The van der Waals surface area contributed by atoms with Gasteiger partial charge >= 0.3 is 0 Å². The van der Waals surface area contributed by atoms with Crippen LogP contribution in [0.25, 0.3) is 0 Å². The zero-order valence-corrected chi connectivity index (χ0v) is 25.2. The maximum atomic E-state index is 13.4. The SMILES string of the molecule is COc1cc2ccc1Oc1cccc(c1)CO[C@H]1CN(C(=O)CCc3ccnn3C)C[C@@H]1NC(=O)CN(C1CC1)C(=O)CC2. The maximum Gasteiger partial charge on any atom is 0.240 e. The fraction of sp³-hybridized carbons (Fsp3) is 0.455. The molecule has 3 amide bonds. The second-order valence-corrected chi connectivity index (χ2v) is 11.8. The van der Waals surface area contributed by atoms with E-state index in [1.165, 1.54) is 0 Å². The summed E-state index contributed by atoms with van der Waals surface area (Å²) in [6, 6.07) is 14.9. The number of amides is 3. The van der Waals surface area contributed by atoms with Gasteiger partial charge in [0.1, 0.15) is 5.75 Å². The Kier molecular flexibility index (Phi) is 8.83. The first-order valence-corrected chi connectivity index (χ1v) is 15.2. The monoisotopic (exact) mass is 601 g/mol. The molecule has 1 aliphatic carbocycles. The third-order valence-electron chi connectivity index (χ3n) is 8.55. The van der Waals surface area contributed by atoms with Crippen molar-refractivity contribution in [1.29, 1.82) is 0 Å². The van der Waals surface area contributed by atoms with E-state index in [1.54, 1.807) is 27.8 Å². The number of hydrogen-bond donors (Lipinski definition) is 1. The van der Waals surface area contributed by atoms with Gasteiger partial charge in [0.05, 0.1) is 32.4 Å². The molecule has 2 fully saturated rings. The lowest BCUT2D eigenvalue weighted by atomic mass is 10.1. The van der Waals surface area contributed by atoms with Gasteiger partial charge < -0.3 is 29.3 Å². The van der Waals surface area contributed by atoms with Crippen LogP contribution in [0.3, 0.4) is 0 Å². The van der Waals surface area contributed by atoms with Crippen LogP contribution in [0.5, 0.6) is 17.2 Å². The zero-order chi connectivity index (χ0) is 30.6. The molecule has 7 rings (SSSR count). The van der Waals surface area contributed by atoms with Crippen LogP contribution in [0.15, 0.2) is 54.7 Å². The number of fused-ring (bicyclic) bond motifs is 9. The van der Waals surface area contributed by atoms with Crippen LogP contribution in [0.2, 0.25) is 0 Å². The number of nitrogens with one attached hydrogen (secondary N) is 1. The van der Waals surface area contributed by atoms with Crippen molar-refractivity contribution in [3.05, 3.63) is 71.5 Å². The lowest BCUT2D eigenvalue weighted by Gasteiger charge is -2.25. The van der Waals surface area contributed by atoms with E-state index in [2.05, 4.69) is 10.4 Å². The third-order valence-corrected chi connectivity index (χ3v) is 8.55. The fourth-order valence-corrected chi connectivity index (χ4v) is 5.91. The van der Waals surface area contributed by atoms with Crippen molar-refractivity contribution >= 4 is 17.7 Å². The summed E-state index contributed by atoms with van der Waals surface area (Å²) in [6.45, 7) is 0.961. The van der Waals surface area contributed by atoms with E-state index in [1.807, 2.05) is 55.6 Å². The minimum atomic E-state index is -0.413. The van der Waals surface area contributed by atoms with Crippen LogP contribution < -0.4 is 14.8 Å². The van der Waals surface area contributed by atoms with Gasteiger partial charge in [-0.05, 0) is 67.1 Å². The molecule has 0 spiro atoms. The number of aromatic nitrogens is 2. The molecule has 2 aromatic carbocycles. The Morgan fingerprint density at radius 3 is 2.70 bits per heavy atom. The average molecular weight is 602 g/mol. The number of carbonyl (C=O) groups is 3. The zero-order valence-electron chi connectivity index (χ0n) is 25.2. The summed E-state index contributed by atoms with van der Waals surface area (Å²) in [5.41, 5.74) is 2.83. The standard InChI is InChI=1S/C33H39N5O6/c1-36-24(14-15-34-36)10-13-32(40)37-18-27-30(19-37)43-21-23-4-3-5-26(16-23)44-28-11-6-22(17-29(28)42-2)7-12-33(41)38(25-8-9-25)20-31(39)35-27/h3-6,11,14-17,25,27,30H,7-10,12-13,18-21H2,1-2H3,(H,35,39)/t27-,30-/m0/s1. The number of benzene rings is 2. The van der Waals surface area contributed by atoms with Crippen LogP contribution in [0, 0.1) is 0 Å². The normalized spacial score (nSPS) is 21.1. The van der Waals surface area contributed by atoms with Crippen molar-refractivity contribution in [1.82, 2.24) is 24.9 Å². The van der Waals surface area contributed by atoms with Gasteiger partial charge in [0, 0.05) is 50.9 Å². The van der Waals surface area contributed by atoms with Gasteiger partial charge in [-0.25, -0.2) is 0 Å². The van der Waals surface area contributed by atoms with Gasteiger partial charge in [0.25, 0.3) is 0 Å². The first kappa shape index (κ1) is 29.7. The van der Waals surface area contributed by atoms with E-state index in [0.717, 1.165) is 29.7 Å². The average Bonchev–Trinajstić information content (AvgIpc) is 3.66. The Labute approximate surface area is 257 Å². The van der Waals surface area contributed by atoms with Crippen molar-refractivity contribution in [3.63, 3.8) is 0 Å². The molecule has 44 heavy (non-hydrogen) atoms. The van der Waals surface area contributed by atoms with E-state index in [0.29, 0.717) is 49.6 Å². The largest absolute Gasteiger partial charge is 0.493 e. The lowest BCUT2D eigenvalue weighted by Crippen LogP contribution is -2.49. The van der Waals surface area contributed by atoms with Crippen molar-refractivity contribution in [2.75, 3.05) is 26.7 Å². The molecule has 3 aromatic rings. The summed E-state index contributed by atoms with van der Waals surface area (Å²) in [5, 5.41) is 7.28. The Morgan fingerprint density at radius 1 is 1.07 bits per heavy atom. The maximum absolute atomic E-state index is 13.4. The van der Waals surface area contributed by atoms with E-state index in [4.69, 9.17) is 14.2 Å². The quantitative estimate of drug-likeness (QED) is 0.478. The second-order valence-electron chi connectivity index (χ2n) is 11.8. The molecule has 1 aromatic heterocycles. The molecule has 1 saturated carbocycles. The van der Waals surface area contributed by atoms with Gasteiger partial charge in [-0.2, -0.15) is 5.10 Å². The van der Waals surface area contributed by atoms with Crippen molar-refractivity contribution in [2.24, 2.45) is 7.05 Å². The number of likely N-dealkylation sites (tertiary alicyclic amines) is 1. The predicted octanol–water partition coefficient (Wildman–Crippen LogP) is 3.00. The highest BCUT2D eigenvalue weighted by atomic mass is 16.5. The summed E-state index contributed by atoms with van der Waals surface area (Å²) in [5.74, 6) is 1.48. The Bertz CT molecular complexity index is 1520. The topological polar surface area (TPSA) is 115 Å². The number of aryl methyl sites for hydroxylation is 3. The molecular weight excluding hydrogens is 562 g/mol. The number of rotatable bonds is 5. The summed E-state index contributed by atoms with van der Waals surface area (Å²) >= 11 is 0. The van der Waals surface area contributed by atoms with E-state index in [9.17, 15) is 14.4 Å². The van der Waals surface area contributed by atoms with E-state index in [-0.39, 0.29) is 43.3 Å². The summed E-state index contributed by atoms with van der Waals surface area (Å²) in [7, 11) is 3.45. The number of hydrogen-bond acceptors (Lipinski definition) is 7. The Hall–Kier alpha value is -4.38. The van der Waals surface area contributed by atoms with Gasteiger partial charge in [-0.1, -0.05) is 18.2 Å². The molecule has 0 unspecified atom stereocenters. The molecule has 4 aliphatic rings. The first-order valence-electron chi connectivity index (χ1n) is 15.2. The van der Waals surface area contributed by atoms with E-state index >= 15 is 0 Å². The van der Waals surface area contributed by atoms with Crippen LogP contribution in [-0.4, -0.2) is 82.2 Å². The number of carbonyl (C=O) groups excluding carboxylic acids is 3. The van der Waals surface area contributed by atoms with Crippen LogP contribution in [0.1, 0.15) is 42.5 Å². The second kappa shape index (κ2) is 13.1. The smallest absolute Gasteiger partial charge is 0.240 e. The number of ether oxygens (including phenoxy) is 3. The lowest BCUT2D eigenvalue weighted by molar-refractivity contribution is -0.137. The number of nitrogens with zero attached hydrogens (tertiary/aromatic N) is 4. The molecule has 1 N–H and O–H groups in total. The van der Waals surface area contributed by atoms with Crippen LogP contribution >= 0.6 is 0 Å². The Morgan fingerprint density at radius 2 is 1.93 bits per heavy atom. The highest BCUT2D eigenvalue weighted by Gasteiger charge is 2.39. The van der Waals surface area contributed by atoms with Gasteiger partial charge in [0.2, 0.25) is 17.7 Å². The van der Waals surface area contributed by atoms with Crippen molar-refractivity contribution < 1.29 is 28.6 Å². The third kappa shape index (κ3) is 7.05. The molecule has 1 saturated heterocycles. The minimum absolute atomic E-state index is 0.00387. The number of methoxy groups -OCH3 is 1. The molecule has 4 bridgehead atoms. The van der Waals surface area contributed by atoms with Crippen molar-refractivity contribution in [2.45, 2.75) is 63.3 Å². The van der Waals surface area contributed by atoms with Crippen molar-refractivity contribution in [3.8, 4) is 17.2 Å². The Balaban J connectivity index is 1.22. The fourth-order valence-electron chi connectivity index (χ4n) is 5.91. The minimum Gasteiger partial charge on any atom is -0.493 e. The molecule has 11 nitrogen and oxygen atoms in total. The summed E-state index contributed by atoms with van der Waals surface area (Å²) < 4.78 is 19.9. The summed E-state index contributed by atoms with van der Waals surface area (Å²) in [6.07, 6.45) is 4.81. The molecular formula is C33H39N5O6. The van der Waals surface area contributed by atoms with Gasteiger partial charge in [-0.15, -0.1) is 0 Å². The molecule has 0 radical (unpaired) electrons. The predicted molar refractivity (Wildman–Crippen MR) is 161 cm³/mol. The first-order chi connectivity index (χ1) is 21.4. The highest BCUT2D eigenvalue weighted by Crippen LogP contribution is 2.34.